The van der Waals surface area contributed by atoms with Crippen LogP contribution in [0.25, 0.3) is 0 Å². The Hall–Kier alpha value is -1.92. The Morgan fingerprint density at radius 2 is 2.00 bits per heavy atom. The molecule has 0 spiro atoms. The zero-order chi connectivity index (χ0) is 14.3. The molecule has 0 aliphatic heterocycles. The molecule has 0 radical (unpaired) electrons. The molecule has 0 unspecified atom stereocenters. The van der Waals surface area contributed by atoms with E-state index < -0.39 is 18.8 Å². The molecule has 1 rings (SSSR count). The standard InChI is InChI=1S/C12H13F3O4/c1-2-17-11(16)7-18-9-5-3-4-6-10(9)19-8-12(13,14)15/h3-6H,2,7-8H2,1H3/p+1. The summed E-state index contributed by atoms with van der Waals surface area (Å²) < 4.78 is 49.3. The molecule has 0 aliphatic rings. The fourth-order valence-electron chi connectivity index (χ4n) is 1.23. The van der Waals surface area contributed by atoms with E-state index in [4.69, 9.17) is 0 Å². The Morgan fingerprint density at radius 3 is 2.63 bits per heavy atom. The quantitative estimate of drug-likeness (QED) is 0.593. The van der Waals surface area contributed by atoms with E-state index in [2.05, 4.69) is 14.2 Å². The van der Waals surface area contributed by atoms with Gasteiger partial charge < -0.3 is 14.2 Å². The van der Waals surface area contributed by atoms with Crippen molar-refractivity contribution in [1.29, 1.82) is 0 Å². The summed E-state index contributed by atoms with van der Waals surface area (Å²) in [7, 11) is 0. The number of carbonyl (C=O) groups excluding carboxylic acids is 1. The highest BCUT2D eigenvalue weighted by Crippen LogP contribution is 2.29. The van der Waals surface area contributed by atoms with Crippen LogP contribution in [-0.2, 0) is 9.53 Å². The number of ether oxygens (including phenoxy) is 3. The summed E-state index contributed by atoms with van der Waals surface area (Å²) in [4.78, 5) is 11.1. The molecule has 7 heteroatoms. The number of esters is 1. The molecule has 0 atom stereocenters. The summed E-state index contributed by atoms with van der Waals surface area (Å²) in [6.45, 7) is 0.206. The predicted molar refractivity (Wildman–Crippen MR) is 61.2 cm³/mol. The number of hydrogen-bond donors (Lipinski definition) is 0. The first-order valence-corrected chi connectivity index (χ1v) is 5.54. The van der Waals surface area contributed by atoms with Crippen LogP contribution in [-0.4, -0.2) is 36.7 Å². The molecule has 1 aromatic carbocycles. The maximum absolute atomic E-state index is 12.1. The van der Waals surface area contributed by atoms with Gasteiger partial charge in [-0.25, -0.2) is 4.79 Å². The SMILES string of the molecule is CCOC(=O)C[OH+]c1ccccc1OCC(F)(F)F. The highest BCUT2D eigenvalue weighted by Gasteiger charge is 2.29. The van der Waals surface area contributed by atoms with E-state index in [-0.39, 0.29) is 24.7 Å². The van der Waals surface area contributed by atoms with E-state index in [1.807, 2.05) is 0 Å². The second-order valence-electron chi connectivity index (χ2n) is 3.49. The molecule has 1 aromatic rings. The van der Waals surface area contributed by atoms with Gasteiger partial charge in [-0.15, -0.1) is 0 Å². The molecule has 19 heavy (non-hydrogen) atoms. The molecule has 0 bridgehead atoms. The number of para-hydroxylation sites is 2. The highest BCUT2D eigenvalue weighted by molar-refractivity contribution is 5.70. The summed E-state index contributed by atoms with van der Waals surface area (Å²) in [5.74, 6) is -0.392. The Bertz CT molecular complexity index is 418. The van der Waals surface area contributed by atoms with Gasteiger partial charge >= 0.3 is 12.1 Å². The lowest BCUT2D eigenvalue weighted by Crippen LogP contribution is -2.19. The first-order chi connectivity index (χ1) is 8.92. The Morgan fingerprint density at radius 1 is 1.32 bits per heavy atom. The maximum Gasteiger partial charge on any atom is 0.422 e. The van der Waals surface area contributed by atoms with Crippen LogP contribution in [0.1, 0.15) is 6.92 Å². The smallest absolute Gasteiger partial charge is 0.422 e. The number of carbonyl (C=O) groups is 1. The molecule has 4 nitrogen and oxygen atoms in total. The zero-order valence-corrected chi connectivity index (χ0v) is 10.2. The number of alkyl halides is 3. The van der Waals surface area contributed by atoms with Gasteiger partial charge in [-0.05, 0) is 13.0 Å². The molecule has 0 aliphatic carbocycles. The fourth-order valence-corrected chi connectivity index (χ4v) is 1.23. The van der Waals surface area contributed by atoms with Gasteiger partial charge in [0.1, 0.15) is 0 Å². The number of halogens is 3. The molecular weight excluding hydrogens is 265 g/mol. The van der Waals surface area contributed by atoms with Gasteiger partial charge in [0, 0.05) is 6.07 Å². The second kappa shape index (κ2) is 6.86. The van der Waals surface area contributed by atoms with Crippen molar-refractivity contribution in [1.82, 2.24) is 0 Å². The number of benzene rings is 1. The van der Waals surface area contributed by atoms with Crippen LogP contribution < -0.4 is 4.74 Å². The van der Waals surface area contributed by atoms with E-state index >= 15 is 0 Å². The fraction of sp³-hybridized carbons (Fsp3) is 0.417. The molecular formula is C12H14F3O4+. The van der Waals surface area contributed by atoms with Gasteiger partial charge in [0.25, 0.3) is 12.4 Å². The number of hydrogen-bond acceptors (Lipinski definition) is 3. The highest BCUT2D eigenvalue weighted by atomic mass is 19.4. The monoisotopic (exact) mass is 279 g/mol. The average Bonchev–Trinajstić information content (AvgIpc) is 2.34. The van der Waals surface area contributed by atoms with Gasteiger partial charge in [-0.2, -0.15) is 13.2 Å². The van der Waals surface area contributed by atoms with E-state index in [0.717, 1.165) is 0 Å². The average molecular weight is 279 g/mol. The van der Waals surface area contributed by atoms with Gasteiger partial charge in [0.05, 0.1) is 6.61 Å². The van der Waals surface area contributed by atoms with Crippen LogP contribution in [0.4, 0.5) is 13.2 Å². The Kier molecular flexibility index (Phi) is 5.47. The van der Waals surface area contributed by atoms with Crippen molar-refractivity contribution in [3.8, 4) is 11.5 Å². The Balaban J connectivity index is 2.60. The Labute approximate surface area is 108 Å². The minimum Gasteiger partial charge on any atom is -0.572 e. The summed E-state index contributed by atoms with van der Waals surface area (Å²) in [5.41, 5.74) is 0. The normalized spacial score (nSPS) is 10.9. The molecule has 0 fully saturated rings. The van der Waals surface area contributed by atoms with Crippen molar-refractivity contribution in [3.05, 3.63) is 24.3 Å². The van der Waals surface area contributed by atoms with Crippen LogP contribution in [0.5, 0.6) is 11.5 Å². The molecule has 106 valence electrons. The van der Waals surface area contributed by atoms with Gasteiger partial charge in [-0.1, -0.05) is 12.1 Å². The largest absolute Gasteiger partial charge is 0.572 e. The third-order valence-corrected chi connectivity index (χ3v) is 1.94. The van der Waals surface area contributed by atoms with Crippen LogP contribution in [0, 0.1) is 0 Å². The van der Waals surface area contributed by atoms with E-state index in [1.165, 1.54) is 18.2 Å². The number of rotatable bonds is 6. The molecule has 0 aromatic heterocycles. The lowest BCUT2D eigenvalue weighted by Gasteiger charge is -2.11. The first-order valence-electron chi connectivity index (χ1n) is 5.54. The number of aliphatic hydroxyl groups is 1. The summed E-state index contributed by atoms with van der Waals surface area (Å²) in [6, 6.07) is 5.93. The third-order valence-electron chi connectivity index (χ3n) is 1.94. The molecule has 1 N–H and O–H groups in total. The predicted octanol–water partition coefficient (Wildman–Crippen LogP) is 2.43. The van der Waals surface area contributed by atoms with Crippen molar-refractivity contribution in [2.45, 2.75) is 13.1 Å². The topological polar surface area (TPSA) is 48.3 Å². The van der Waals surface area contributed by atoms with E-state index in [0.29, 0.717) is 0 Å². The first kappa shape index (κ1) is 15.1. The molecule has 0 amide bonds. The van der Waals surface area contributed by atoms with E-state index in [1.54, 1.807) is 13.0 Å². The third kappa shape index (κ3) is 5.98. The lowest BCUT2D eigenvalue weighted by molar-refractivity contribution is -0.156. The minimum absolute atomic E-state index is 0.0240. The summed E-state index contributed by atoms with van der Waals surface area (Å²) >= 11 is 0. The van der Waals surface area contributed by atoms with Crippen molar-refractivity contribution < 1.29 is 32.2 Å². The maximum atomic E-state index is 12.1. The van der Waals surface area contributed by atoms with Crippen LogP contribution in [0.15, 0.2) is 24.3 Å². The summed E-state index contributed by atoms with van der Waals surface area (Å²) in [5, 5.41) is 0. The van der Waals surface area contributed by atoms with Crippen LogP contribution >= 0.6 is 0 Å². The molecule has 0 saturated heterocycles. The van der Waals surface area contributed by atoms with Crippen molar-refractivity contribution in [2.24, 2.45) is 0 Å². The van der Waals surface area contributed by atoms with Gasteiger partial charge in [0.15, 0.2) is 6.61 Å². The van der Waals surface area contributed by atoms with E-state index in [9.17, 15) is 18.0 Å². The molecule has 0 heterocycles. The second-order valence-corrected chi connectivity index (χ2v) is 3.49. The van der Waals surface area contributed by atoms with Crippen molar-refractivity contribution >= 4 is 5.97 Å². The zero-order valence-electron chi connectivity index (χ0n) is 10.2. The lowest BCUT2D eigenvalue weighted by atomic mass is 10.3. The minimum atomic E-state index is -4.42. The van der Waals surface area contributed by atoms with Crippen LogP contribution in [0.2, 0.25) is 0 Å². The number of aromatic hydroxyl groups is 1. The van der Waals surface area contributed by atoms with Gasteiger partial charge in [-0.3, -0.25) is 0 Å². The van der Waals surface area contributed by atoms with Crippen molar-refractivity contribution in [3.63, 3.8) is 0 Å². The van der Waals surface area contributed by atoms with Crippen LogP contribution in [0.3, 0.4) is 0 Å². The van der Waals surface area contributed by atoms with Gasteiger partial charge in [0.2, 0.25) is 5.75 Å². The summed E-state index contributed by atoms with van der Waals surface area (Å²) in [6.07, 6.45) is -4.42. The van der Waals surface area contributed by atoms with Crippen molar-refractivity contribution in [2.75, 3.05) is 19.8 Å². The molecule has 0 saturated carbocycles.